The van der Waals surface area contributed by atoms with Crippen molar-refractivity contribution in [3.8, 4) is 5.75 Å². The van der Waals surface area contributed by atoms with E-state index in [0.29, 0.717) is 17.9 Å². The number of esters is 1. The van der Waals surface area contributed by atoms with E-state index < -0.39 is 30.8 Å². The van der Waals surface area contributed by atoms with Gasteiger partial charge in [-0.1, -0.05) is 12.1 Å². The highest BCUT2D eigenvalue weighted by Gasteiger charge is 2.14. The number of Topliss-reactive ketones (excluding diaryl/α,β-unsaturated/α-hetero) is 1. The van der Waals surface area contributed by atoms with Crippen LogP contribution >= 0.6 is 0 Å². The molecular formula is C19H18FNO5. The van der Waals surface area contributed by atoms with Crippen molar-refractivity contribution in [2.24, 2.45) is 0 Å². The molecule has 1 N–H and O–H groups in total. The normalized spacial score (nSPS) is 10.1. The molecule has 0 aliphatic heterocycles. The van der Waals surface area contributed by atoms with Crippen LogP contribution in [0, 0.1) is 5.82 Å². The van der Waals surface area contributed by atoms with Crippen LogP contribution in [-0.2, 0) is 9.53 Å². The van der Waals surface area contributed by atoms with Crippen molar-refractivity contribution in [3.63, 3.8) is 0 Å². The molecule has 0 spiro atoms. The molecule has 0 radical (unpaired) electrons. The molecule has 6 nitrogen and oxygen atoms in total. The van der Waals surface area contributed by atoms with Gasteiger partial charge in [0, 0.05) is 5.56 Å². The predicted octanol–water partition coefficient (Wildman–Crippen LogP) is 2.38. The Kier molecular flexibility index (Phi) is 6.84. The minimum Gasteiger partial charge on any atom is -0.494 e. The van der Waals surface area contributed by atoms with Crippen LogP contribution in [0.2, 0.25) is 0 Å². The van der Waals surface area contributed by atoms with Gasteiger partial charge in [0.2, 0.25) is 0 Å². The summed E-state index contributed by atoms with van der Waals surface area (Å²) in [6.45, 7) is 1.44. The van der Waals surface area contributed by atoms with Gasteiger partial charge in [-0.2, -0.15) is 0 Å². The second kappa shape index (κ2) is 9.31. The summed E-state index contributed by atoms with van der Waals surface area (Å²) in [5.41, 5.74) is 0.197. The third-order valence-electron chi connectivity index (χ3n) is 3.36. The van der Waals surface area contributed by atoms with E-state index in [-0.39, 0.29) is 11.3 Å². The largest absolute Gasteiger partial charge is 0.494 e. The van der Waals surface area contributed by atoms with Gasteiger partial charge >= 0.3 is 5.97 Å². The maximum Gasteiger partial charge on any atom is 0.325 e. The van der Waals surface area contributed by atoms with Crippen molar-refractivity contribution in [3.05, 3.63) is 65.5 Å². The monoisotopic (exact) mass is 359 g/mol. The zero-order valence-electron chi connectivity index (χ0n) is 14.2. The van der Waals surface area contributed by atoms with E-state index in [1.807, 2.05) is 6.92 Å². The molecular weight excluding hydrogens is 341 g/mol. The second-order valence-corrected chi connectivity index (χ2v) is 5.20. The van der Waals surface area contributed by atoms with Gasteiger partial charge in [0.15, 0.2) is 12.4 Å². The first-order valence-electron chi connectivity index (χ1n) is 7.95. The number of hydrogen-bond acceptors (Lipinski definition) is 5. The van der Waals surface area contributed by atoms with Crippen molar-refractivity contribution in [2.45, 2.75) is 6.92 Å². The van der Waals surface area contributed by atoms with Gasteiger partial charge in [0.25, 0.3) is 5.91 Å². The number of ketones is 1. The van der Waals surface area contributed by atoms with Crippen LogP contribution in [0.4, 0.5) is 4.39 Å². The molecule has 1 amide bonds. The number of carbonyl (C=O) groups is 3. The van der Waals surface area contributed by atoms with E-state index in [1.54, 1.807) is 24.3 Å². The van der Waals surface area contributed by atoms with Crippen LogP contribution in [0.1, 0.15) is 27.6 Å². The van der Waals surface area contributed by atoms with E-state index in [0.717, 1.165) is 6.07 Å². The first-order chi connectivity index (χ1) is 12.5. The van der Waals surface area contributed by atoms with Gasteiger partial charge in [-0.15, -0.1) is 0 Å². The van der Waals surface area contributed by atoms with E-state index in [1.165, 1.54) is 18.2 Å². The number of amides is 1. The maximum atomic E-state index is 13.5. The molecule has 0 saturated carbocycles. The standard InChI is InChI=1S/C19H18FNO5/c1-2-25-14-9-7-13(8-10-14)17(22)12-26-18(23)11-21-19(24)15-5-3-4-6-16(15)20/h3-10H,2,11-12H2,1H3,(H,21,24). The summed E-state index contributed by atoms with van der Waals surface area (Å²) in [5, 5.41) is 2.24. The lowest BCUT2D eigenvalue weighted by molar-refractivity contribution is -0.141. The lowest BCUT2D eigenvalue weighted by Crippen LogP contribution is -2.32. The van der Waals surface area contributed by atoms with Crippen molar-refractivity contribution in [2.75, 3.05) is 19.8 Å². The van der Waals surface area contributed by atoms with E-state index in [9.17, 15) is 18.8 Å². The zero-order valence-corrected chi connectivity index (χ0v) is 14.2. The SMILES string of the molecule is CCOc1ccc(C(=O)COC(=O)CNC(=O)c2ccccc2F)cc1. The molecule has 0 aliphatic rings. The summed E-state index contributed by atoms with van der Waals surface area (Å²) in [6.07, 6.45) is 0. The first kappa shape index (κ1) is 19.1. The maximum absolute atomic E-state index is 13.5. The number of hydrogen-bond donors (Lipinski definition) is 1. The van der Waals surface area contributed by atoms with Gasteiger partial charge in [0.05, 0.1) is 12.2 Å². The minimum atomic E-state index is -0.797. The highest BCUT2D eigenvalue weighted by atomic mass is 19.1. The molecule has 136 valence electrons. The summed E-state index contributed by atoms with van der Waals surface area (Å²) in [4.78, 5) is 35.4. The Morgan fingerprint density at radius 3 is 2.38 bits per heavy atom. The Labute approximate surface area is 149 Å². The number of carbonyl (C=O) groups excluding carboxylic acids is 3. The number of ether oxygens (including phenoxy) is 2. The molecule has 0 atom stereocenters. The number of halogens is 1. The molecule has 2 rings (SSSR count). The molecule has 0 saturated heterocycles. The molecule has 2 aromatic carbocycles. The summed E-state index contributed by atoms with van der Waals surface area (Å²) >= 11 is 0. The molecule has 0 unspecified atom stereocenters. The zero-order chi connectivity index (χ0) is 18.9. The molecule has 0 bridgehead atoms. The lowest BCUT2D eigenvalue weighted by Gasteiger charge is -2.07. The van der Waals surface area contributed by atoms with E-state index in [4.69, 9.17) is 9.47 Å². The lowest BCUT2D eigenvalue weighted by atomic mass is 10.1. The quantitative estimate of drug-likeness (QED) is 0.578. The van der Waals surface area contributed by atoms with Crippen LogP contribution in [0.3, 0.4) is 0 Å². The third kappa shape index (κ3) is 5.41. The van der Waals surface area contributed by atoms with E-state index in [2.05, 4.69) is 5.32 Å². The Morgan fingerprint density at radius 2 is 1.73 bits per heavy atom. The fourth-order valence-corrected chi connectivity index (χ4v) is 2.08. The fraction of sp³-hybridized carbons (Fsp3) is 0.211. The van der Waals surface area contributed by atoms with Crippen molar-refractivity contribution >= 4 is 17.7 Å². The molecule has 0 aliphatic carbocycles. The number of nitrogens with one attached hydrogen (secondary N) is 1. The minimum absolute atomic E-state index is 0.175. The second-order valence-electron chi connectivity index (χ2n) is 5.20. The summed E-state index contributed by atoms with van der Waals surface area (Å²) in [6, 6.07) is 11.8. The molecule has 7 heteroatoms. The Hall–Kier alpha value is -3.22. The predicted molar refractivity (Wildman–Crippen MR) is 91.6 cm³/mol. The van der Waals surface area contributed by atoms with Gasteiger partial charge in [0.1, 0.15) is 18.1 Å². The first-order valence-corrected chi connectivity index (χ1v) is 7.95. The summed E-state index contributed by atoms with van der Waals surface area (Å²) in [7, 11) is 0. The van der Waals surface area contributed by atoms with Gasteiger partial charge in [-0.3, -0.25) is 14.4 Å². The molecule has 0 fully saturated rings. The van der Waals surface area contributed by atoms with Crippen molar-refractivity contribution < 1.29 is 28.2 Å². The van der Waals surface area contributed by atoms with Crippen molar-refractivity contribution in [1.29, 1.82) is 0 Å². The topological polar surface area (TPSA) is 81.7 Å². The molecule has 0 aromatic heterocycles. The average Bonchev–Trinajstić information content (AvgIpc) is 2.65. The third-order valence-corrected chi connectivity index (χ3v) is 3.36. The highest BCUT2D eigenvalue weighted by Crippen LogP contribution is 2.12. The summed E-state index contributed by atoms with van der Waals surface area (Å²) in [5.74, 6) is -1.98. The molecule has 0 heterocycles. The smallest absolute Gasteiger partial charge is 0.325 e. The molecule has 26 heavy (non-hydrogen) atoms. The number of rotatable bonds is 8. The van der Waals surface area contributed by atoms with Gasteiger partial charge in [-0.05, 0) is 43.3 Å². The van der Waals surface area contributed by atoms with Crippen LogP contribution in [0.15, 0.2) is 48.5 Å². The summed E-state index contributed by atoms with van der Waals surface area (Å²) < 4.78 is 23.6. The van der Waals surface area contributed by atoms with Crippen LogP contribution < -0.4 is 10.1 Å². The van der Waals surface area contributed by atoms with E-state index >= 15 is 0 Å². The number of benzene rings is 2. The Morgan fingerprint density at radius 1 is 1.04 bits per heavy atom. The highest BCUT2D eigenvalue weighted by molar-refractivity contribution is 5.99. The fourth-order valence-electron chi connectivity index (χ4n) is 2.08. The van der Waals surface area contributed by atoms with Crippen molar-refractivity contribution in [1.82, 2.24) is 5.32 Å². The average molecular weight is 359 g/mol. The molecule has 2 aromatic rings. The van der Waals surface area contributed by atoms with Crippen LogP contribution in [0.25, 0.3) is 0 Å². The van der Waals surface area contributed by atoms with Crippen LogP contribution in [-0.4, -0.2) is 37.4 Å². The van der Waals surface area contributed by atoms with Gasteiger partial charge in [-0.25, -0.2) is 4.39 Å². The van der Waals surface area contributed by atoms with Gasteiger partial charge < -0.3 is 14.8 Å². The Balaban J connectivity index is 1.78. The van der Waals surface area contributed by atoms with Crippen LogP contribution in [0.5, 0.6) is 5.75 Å². The Bertz CT molecular complexity index is 789.